The number of carbonyl (C=O) groups is 1. The first-order chi connectivity index (χ1) is 17.6. The molecule has 4 aromatic rings. The molecule has 6 N–H and O–H groups in total. The van der Waals surface area contributed by atoms with Gasteiger partial charge in [0.05, 0.1) is 18.3 Å². The quantitative estimate of drug-likeness (QED) is 0.131. The molecule has 0 radical (unpaired) electrons. The number of ether oxygens (including phenoxy) is 1. The number of hydrogen-bond donors (Lipinski definition) is 4. The molecule has 4 rings (SSSR count). The topological polar surface area (TPSA) is 162 Å². The van der Waals surface area contributed by atoms with Crippen LogP contribution in [0, 0.1) is 6.92 Å². The Morgan fingerprint density at radius 1 is 1.03 bits per heavy atom. The second kappa shape index (κ2) is 11.3. The van der Waals surface area contributed by atoms with Crippen molar-refractivity contribution in [2.75, 3.05) is 18.5 Å². The molecule has 0 saturated carbocycles. The van der Waals surface area contributed by atoms with E-state index >= 15 is 0 Å². The van der Waals surface area contributed by atoms with Gasteiger partial charge in [-0.3, -0.25) is 14.3 Å². The zero-order valence-corrected chi connectivity index (χ0v) is 21.6. The van der Waals surface area contributed by atoms with E-state index in [0.717, 1.165) is 45.8 Å². The average molecular weight is 523 g/mol. The summed E-state index contributed by atoms with van der Waals surface area (Å²) in [6.45, 7) is 2.28. The molecule has 9 nitrogen and oxygen atoms in total. The summed E-state index contributed by atoms with van der Waals surface area (Å²) in [7, 11) is -3.99. The number of benzene rings is 2. The van der Waals surface area contributed by atoms with Gasteiger partial charge in [0.15, 0.2) is 5.82 Å². The van der Waals surface area contributed by atoms with Crippen molar-refractivity contribution < 1.29 is 23.9 Å². The molecule has 0 fully saturated rings. The van der Waals surface area contributed by atoms with Crippen molar-refractivity contribution in [2.45, 2.75) is 39.0 Å². The van der Waals surface area contributed by atoms with Crippen LogP contribution < -0.4 is 16.2 Å². The maximum atomic E-state index is 11.1. The molecule has 2 aromatic carbocycles. The summed E-state index contributed by atoms with van der Waals surface area (Å²) in [6, 6.07) is 13.9. The summed E-state index contributed by atoms with van der Waals surface area (Å²) in [5.41, 5.74) is 17.2. The zero-order chi connectivity index (χ0) is 26.6. The van der Waals surface area contributed by atoms with Gasteiger partial charge in [0.25, 0.3) is 0 Å². The van der Waals surface area contributed by atoms with Gasteiger partial charge in [-0.15, -0.1) is 0 Å². The van der Waals surface area contributed by atoms with Crippen molar-refractivity contribution in [1.29, 1.82) is 0 Å². The Balaban J connectivity index is 1.47. The lowest BCUT2D eigenvalue weighted by Gasteiger charge is -2.12. The minimum absolute atomic E-state index is 0.183. The lowest BCUT2D eigenvalue weighted by molar-refractivity contribution is -0.117. The number of hydrogen-bond acceptors (Lipinski definition) is 6. The third-order valence-corrected chi connectivity index (χ3v) is 7.20. The molecule has 37 heavy (non-hydrogen) atoms. The Bertz CT molecular complexity index is 1500. The molecule has 0 saturated heterocycles. The first-order valence-corrected chi connectivity index (χ1v) is 13.9. The van der Waals surface area contributed by atoms with Crippen LogP contribution in [0.25, 0.3) is 21.8 Å². The minimum Gasteiger partial charge on any atom is -0.494 e. The fraction of sp³-hybridized carbons (Fsp3) is 0.296. The molecule has 2 heterocycles. The number of aromatic nitrogens is 2. The maximum absolute atomic E-state index is 11.1. The van der Waals surface area contributed by atoms with E-state index in [-0.39, 0.29) is 25.1 Å². The maximum Gasteiger partial charge on any atom is 0.325 e. The second-order valence-electron chi connectivity index (χ2n) is 9.23. The van der Waals surface area contributed by atoms with E-state index in [2.05, 4.69) is 16.0 Å². The third-order valence-electron chi connectivity index (χ3n) is 6.30. The molecular weight excluding hydrogens is 491 g/mol. The number of amides is 1. The van der Waals surface area contributed by atoms with Crippen LogP contribution in [0.3, 0.4) is 0 Å². The molecule has 0 aliphatic heterocycles. The number of carbonyl (C=O) groups excluding carboxylic acids is 1. The van der Waals surface area contributed by atoms with Crippen molar-refractivity contribution in [1.82, 2.24) is 9.97 Å². The highest BCUT2D eigenvalue weighted by Gasteiger charge is 2.13. The largest absolute Gasteiger partial charge is 0.494 e. The average Bonchev–Trinajstić information content (AvgIpc) is 2.84. The van der Waals surface area contributed by atoms with Gasteiger partial charge in [0.2, 0.25) is 5.91 Å². The van der Waals surface area contributed by atoms with Gasteiger partial charge in [-0.2, -0.15) is 0 Å². The predicted octanol–water partition coefficient (Wildman–Crippen LogP) is 3.82. The summed E-state index contributed by atoms with van der Waals surface area (Å²) < 4.78 is 16.6. The van der Waals surface area contributed by atoms with Gasteiger partial charge in [0, 0.05) is 23.4 Å². The molecule has 2 aromatic heterocycles. The summed E-state index contributed by atoms with van der Waals surface area (Å²) in [5.74, 6) is 0.716. The smallest absolute Gasteiger partial charge is 0.325 e. The minimum atomic E-state index is -3.99. The zero-order valence-electron chi connectivity index (χ0n) is 20.7. The number of fused-ring (bicyclic) bond motifs is 3. The first-order valence-electron chi connectivity index (χ1n) is 12.1. The van der Waals surface area contributed by atoms with Crippen LogP contribution >= 0.6 is 7.60 Å². The van der Waals surface area contributed by atoms with E-state index in [4.69, 9.17) is 26.0 Å². The Hall–Kier alpha value is -3.52. The van der Waals surface area contributed by atoms with Crippen LogP contribution in [0.15, 0.2) is 48.7 Å². The normalized spacial score (nSPS) is 11.8. The second-order valence-corrected chi connectivity index (χ2v) is 11.0. The van der Waals surface area contributed by atoms with Crippen LogP contribution in [0.2, 0.25) is 0 Å². The third kappa shape index (κ3) is 7.04. The lowest BCUT2D eigenvalue weighted by Crippen LogP contribution is -2.11. The standard InChI is InChI=1S/C27H31N4O5P/c1-17-13-21(36-11-2-12-37(33,34)35)8-7-20(17)6-3-19-14-23-22-9-4-18(5-10-25(28)32)15-24(22)31-27(29)26(23)30-16-19/h4,7-9,13-16H,2-3,5-6,10-12H2,1H3,(H2,28,32)(H2,29,31)(H2,33,34,35). The van der Waals surface area contributed by atoms with Crippen molar-refractivity contribution in [3.8, 4) is 5.75 Å². The lowest BCUT2D eigenvalue weighted by atomic mass is 9.99. The number of nitrogens with two attached hydrogens (primary N) is 2. The highest BCUT2D eigenvalue weighted by molar-refractivity contribution is 7.51. The Labute approximate surface area is 215 Å². The van der Waals surface area contributed by atoms with Gasteiger partial charge in [-0.25, -0.2) is 4.98 Å². The fourth-order valence-electron chi connectivity index (χ4n) is 4.34. The highest BCUT2D eigenvalue weighted by atomic mass is 31.2. The highest BCUT2D eigenvalue weighted by Crippen LogP contribution is 2.35. The molecular formula is C27H31N4O5P. The van der Waals surface area contributed by atoms with E-state index < -0.39 is 7.60 Å². The van der Waals surface area contributed by atoms with Crippen LogP contribution in [-0.4, -0.2) is 38.4 Å². The van der Waals surface area contributed by atoms with E-state index in [1.165, 1.54) is 5.56 Å². The summed E-state index contributed by atoms with van der Waals surface area (Å²) >= 11 is 0. The number of rotatable bonds is 11. The van der Waals surface area contributed by atoms with Crippen molar-refractivity contribution in [3.05, 3.63) is 70.9 Å². The Kier molecular flexibility index (Phi) is 8.07. The Morgan fingerprint density at radius 3 is 2.57 bits per heavy atom. The van der Waals surface area contributed by atoms with Crippen LogP contribution in [0.1, 0.15) is 35.1 Å². The van der Waals surface area contributed by atoms with Crippen LogP contribution in [0.5, 0.6) is 5.75 Å². The number of primary amides is 1. The van der Waals surface area contributed by atoms with Crippen molar-refractivity contribution in [3.63, 3.8) is 0 Å². The van der Waals surface area contributed by atoms with Crippen molar-refractivity contribution >= 4 is 41.1 Å². The molecule has 10 heteroatoms. The van der Waals surface area contributed by atoms with E-state index in [9.17, 15) is 9.36 Å². The van der Waals surface area contributed by atoms with E-state index in [0.29, 0.717) is 29.9 Å². The molecule has 0 spiro atoms. The number of anilines is 1. The van der Waals surface area contributed by atoms with Gasteiger partial charge >= 0.3 is 7.60 Å². The molecule has 0 aliphatic rings. The van der Waals surface area contributed by atoms with Gasteiger partial charge in [-0.1, -0.05) is 18.2 Å². The summed E-state index contributed by atoms with van der Waals surface area (Å²) in [5, 5.41) is 1.90. The number of nitrogen functional groups attached to an aromatic ring is 1. The fourth-order valence-corrected chi connectivity index (χ4v) is 4.88. The number of nitrogens with zero attached hydrogens (tertiary/aromatic N) is 2. The van der Waals surface area contributed by atoms with Crippen LogP contribution in [0.4, 0.5) is 5.82 Å². The van der Waals surface area contributed by atoms with E-state index in [1.54, 1.807) is 0 Å². The van der Waals surface area contributed by atoms with Crippen LogP contribution in [-0.2, 0) is 28.6 Å². The SMILES string of the molecule is Cc1cc(OCCCP(=O)(O)O)ccc1CCc1cnc2c(N)nc3cc(CCC(N)=O)ccc3c2c1. The van der Waals surface area contributed by atoms with Gasteiger partial charge in [-0.05, 0) is 79.1 Å². The molecule has 0 bridgehead atoms. The molecule has 0 aliphatic carbocycles. The molecule has 1 amide bonds. The number of aryl methyl sites for hydroxylation is 4. The molecule has 0 unspecified atom stereocenters. The first kappa shape index (κ1) is 26.5. The van der Waals surface area contributed by atoms with E-state index in [1.807, 2.05) is 49.5 Å². The summed E-state index contributed by atoms with van der Waals surface area (Å²) in [4.78, 5) is 38.1. The molecule has 0 atom stereocenters. The number of pyridine rings is 2. The molecule has 194 valence electrons. The summed E-state index contributed by atoms with van der Waals surface area (Å²) in [6.07, 6.45) is 4.38. The van der Waals surface area contributed by atoms with Crippen molar-refractivity contribution in [2.24, 2.45) is 5.73 Å². The predicted molar refractivity (Wildman–Crippen MR) is 145 cm³/mol. The van der Waals surface area contributed by atoms with Gasteiger partial charge in [0.1, 0.15) is 11.3 Å². The Morgan fingerprint density at radius 2 is 1.84 bits per heavy atom. The van der Waals surface area contributed by atoms with Gasteiger partial charge < -0.3 is 26.0 Å². The monoisotopic (exact) mass is 522 g/mol.